The van der Waals surface area contributed by atoms with Crippen LogP contribution >= 0.6 is 0 Å². The number of aryl methyl sites for hydroxylation is 1. The fourth-order valence-electron chi connectivity index (χ4n) is 1.35. The Labute approximate surface area is 89.0 Å². The molecular formula is C11H15NO3. The molecule has 0 spiro atoms. The number of carbonyl (C=O) groups excluding carboxylic acids is 1. The maximum atomic E-state index is 11.3. The Hall–Kier alpha value is -1.55. The molecule has 0 aliphatic rings. The zero-order chi connectivity index (χ0) is 11.4. The predicted molar refractivity (Wildman–Crippen MR) is 56.7 cm³/mol. The Morgan fingerprint density at radius 2 is 2.07 bits per heavy atom. The summed E-state index contributed by atoms with van der Waals surface area (Å²) in [5.74, 6) is 0.123. The quantitative estimate of drug-likeness (QED) is 0.759. The summed E-state index contributed by atoms with van der Waals surface area (Å²) in [4.78, 5) is 11.3. The molecule has 0 bridgehead atoms. The molecule has 0 aromatic heterocycles. The second-order valence-corrected chi connectivity index (χ2v) is 3.25. The summed E-state index contributed by atoms with van der Waals surface area (Å²) >= 11 is 0. The first kappa shape index (κ1) is 11.5. The van der Waals surface area contributed by atoms with Gasteiger partial charge < -0.3 is 15.2 Å². The number of hydrogen-bond donors (Lipinski definition) is 1. The van der Waals surface area contributed by atoms with Crippen molar-refractivity contribution >= 4 is 5.97 Å². The number of carbonyl (C=O) groups is 1. The van der Waals surface area contributed by atoms with Crippen LogP contribution in [0.15, 0.2) is 18.2 Å². The fourth-order valence-corrected chi connectivity index (χ4v) is 1.35. The topological polar surface area (TPSA) is 61.5 Å². The SMILES string of the molecule is COC(=O)C(N)c1cc(C)ccc1OC. The lowest BCUT2D eigenvalue weighted by atomic mass is 10.0. The van der Waals surface area contributed by atoms with Crippen LogP contribution in [-0.4, -0.2) is 20.2 Å². The van der Waals surface area contributed by atoms with Gasteiger partial charge in [0.1, 0.15) is 11.8 Å². The van der Waals surface area contributed by atoms with Crippen LogP contribution in [0.25, 0.3) is 0 Å². The van der Waals surface area contributed by atoms with E-state index in [1.807, 2.05) is 19.1 Å². The molecule has 1 aromatic carbocycles. The molecule has 1 unspecified atom stereocenters. The number of nitrogens with two attached hydrogens (primary N) is 1. The third-order valence-corrected chi connectivity index (χ3v) is 2.18. The molecule has 1 atom stereocenters. The van der Waals surface area contributed by atoms with Crippen molar-refractivity contribution in [3.05, 3.63) is 29.3 Å². The van der Waals surface area contributed by atoms with Gasteiger partial charge in [0.05, 0.1) is 14.2 Å². The van der Waals surface area contributed by atoms with Crippen LogP contribution in [-0.2, 0) is 9.53 Å². The van der Waals surface area contributed by atoms with E-state index < -0.39 is 12.0 Å². The van der Waals surface area contributed by atoms with E-state index in [4.69, 9.17) is 10.5 Å². The third-order valence-electron chi connectivity index (χ3n) is 2.18. The molecule has 0 heterocycles. The zero-order valence-corrected chi connectivity index (χ0v) is 9.11. The average Bonchev–Trinajstić information content (AvgIpc) is 2.27. The minimum atomic E-state index is -0.801. The van der Waals surface area contributed by atoms with E-state index in [1.165, 1.54) is 14.2 Å². The van der Waals surface area contributed by atoms with E-state index in [9.17, 15) is 4.79 Å². The number of ether oxygens (including phenoxy) is 2. The third kappa shape index (κ3) is 2.47. The smallest absolute Gasteiger partial charge is 0.327 e. The van der Waals surface area contributed by atoms with E-state index in [2.05, 4.69) is 4.74 Å². The number of benzene rings is 1. The van der Waals surface area contributed by atoms with Crippen LogP contribution in [0, 0.1) is 6.92 Å². The second-order valence-electron chi connectivity index (χ2n) is 3.25. The number of rotatable bonds is 3. The van der Waals surface area contributed by atoms with Crippen LogP contribution in [0.3, 0.4) is 0 Å². The highest BCUT2D eigenvalue weighted by atomic mass is 16.5. The molecule has 82 valence electrons. The molecule has 0 radical (unpaired) electrons. The van der Waals surface area contributed by atoms with Crippen molar-refractivity contribution in [3.8, 4) is 5.75 Å². The van der Waals surface area contributed by atoms with E-state index >= 15 is 0 Å². The van der Waals surface area contributed by atoms with Gasteiger partial charge in [-0.05, 0) is 13.0 Å². The Bertz CT molecular complexity index is 363. The van der Waals surface area contributed by atoms with Crippen molar-refractivity contribution in [2.75, 3.05) is 14.2 Å². The highest BCUT2D eigenvalue weighted by Crippen LogP contribution is 2.25. The summed E-state index contributed by atoms with van der Waals surface area (Å²) in [7, 11) is 2.85. The van der Waals surface area contributed by atoms with Crippen LogP contribution in [0.5, 0.6) is 5.75 Å². The molecular weight excluding hydrogens is 194 g/mol. The van der Waals surface area contributed by atoms with Gasteiger partial charge in [-0.15, -0.1) is 0 Å². The molecule has 0 saturated heterocycles. The summed E-state index contributed by atoms with van der Waals surface area (Å²) in [6.07, 6.45) is 0. The van der Waals surface area contributed by atoms with Crippen molar-refractivity contribution in [3.63, 3.8) is 0 Å². The molecule has 0 aliphatic carbocycles. The minimum Gasteiger partial charge on any atom is -0.496 e. The van der Waals surface area contributed by atoms with E-state index in [-0.39, 0.29) is 0 Å². The van der Waals surface area contributed by atoms with Crippen molar-refractivity contribution in [2.45, 2.75) is 13.0 Å². The van der Waals surface area contributed by atoms with Gasteiger partial charge in [0.25, 0.3) is 0 Å². The van der Waals surface area contributed by atoms with E-state index in [0.717, 1.165) is 5.56 Å². The Morgan fingerprint density at radius 3 is 2.60 bits per heavy atom. The minimum absolute atomic E-state index is 0.473. The van der Waals surface area contributed by atoms with Crippen LogP contribution < -0.4 is 10.5 Å². The van der Waals surface area contributed by atoms with Gasteiger partial charge in [0.2, 0.25) is 0 Å². The summed E-state index contributed by atoms with van der Waals surface area (Å²) in [5, 5.41) is 0. The van der Waals surface area contributed by atoms with E-state index in [0.29, 0.717) is 11.3 Å². The summed E-state index contributed by atoms with van der Waals surface area (Å²) in [5.41, 5.74) is 7.40. The number of esters is 1. The van der Waals surface area contributed by atoms with Gasteiger partial charge in [0.15, 0.2) is 0 Å². The zero-order valence-electron chi connectivity index (χ0n) is 9.11. The Kier molecular flexibility index (Phi) is 3.68. The van der Waals surface area contributed by atoms with Gasteiger partial charge in [-0.2, -0.15) is 0 Å². The molecule has 0 aliphatic heterocycles. The van der Waals surface area contributed by atoms with E-state index in [1.54, 1.807) is 6.07 Å². The molecule has 1 rings (SSSR count). The molecule has 0 saturated carbocycles. The monoisotopic (exact) mass is 209 g/mol. The van der Waals surface area contributed by atoms with Crippen molar-refractivity contribution in [1.29, 1.82) is 0 Å². The summed E-state index contributed by atoms with van der Waals surface area (Å²) < 4.78 is 9.71. The predicted octanol–water partition coefficient (Wildman–Crippen LogP) is 1.18. The first-order chi connectivity index (χ1) is 7.10. The highest BCUT2D eigenvalue weighted by Gasteiger charge is 2.20. The molecule has 15 heavy (non-hydrogen) atoms. The largest absolute Gasteiger partial charge is 0.496 e. The lowest BCUT2D eigenvalue weighted by Gasteiger charge is -2.14. The van der Waals surface area contributed by atoms with Crippen LogP contribution in [0.1, 0.15) is 17.2 Å². The van der Waals surface area contributed by atoms with Crippen molar-refractivity contribution in [2.24, 2.45) is 5.73 Å². The number of methoxy groups -OCH3 is 2. The van der Waals surface area contributed by atoms with Gasteiger partial charge in [-0.25, -0.2) is 0 Å². The van der Waals surface area contributed by atoms with Gasteiger partial charge in [-0.1, -0.05) is 17.7 Å². The second kappa shape index (κ2) is 4.79. The first-order valence-electron chi connectivity index (χ1n) is 4.58. The molecule has 2 N–H and O–H groups in total. The standard InChI is InChI=1S/C11H15NO3/c1-7-4-5-9(14-2)8(6-7)10(12)11(13)15-3/h4-6,10H,12H2,1-3H3. The van der Waals surface area contributed by atoms with Gasteiger partial charge in [0, 0.05) is 5.56 Å². The molecule has 1 aromatic rings. The summed E-state index contributed by atoms with van der Waals surface area (Å²) in [6.45, 7) is 1.92. The lowest BCUT2D eigenvalue weighted by Crippen LogP contribution is -2.23. The van der Waals surface area contributed by atoms with Crippen molar-refractivity contribution < 1.29 is 14.3 Å². The Balaban J connectivity index is 3.10. The maximum Gasteiger partial charge on any atom is 0.327 e. The normalized spacial score (nSPS) is 12.0. The first-order valence-corrected chi connectivity index (χ1v) is 4.58. The number of hydrogen-bond acceptors (Lipinski definition) is 4. The fraction of sp³-hybridized carbons (Fsp3) is 0.364. The van der Waals surface area contributed by atoms with Crippen LogP contribution in [0.4, 0.5) is 0 Å². The average molecular weight is 209 g/mol. The van der Waals surface area contributed by atoms with Crippen LogP contribution in [0.2, 0.25) is 0 Å². The maximum absolute atomic E-state index is 11.3. The van der Waals surface area contributed by atoms with Gasteiger partial charge >= 0.3 is 5.97 Å². The molecule has 0 fully saturated rings. The molecule has 4 nitrogen and oxygen atoms in total. The van der Waals surface area contributed by atoms with Gasteiger partial charge in [-0.3, -0.25) is 4.79 Å². The molecule has 4 heteroatoms. The lowest BCUT2D eigenvalue weighted by molar-refractivity contribution is -0.142. The van der Waals surface area contributed by atoms with Crippen molar-refractivity contribution in [1.82, 2.24) is 0 Å². The molecule has 0 amide bonds. The highest BCUT2D eigenvalue weighted by molar-refractivity contribution is 5.78. The Morgan fingerprint density at radius 1 is 1.40 bits per heavy atom. The summed E-state index contributed by atoms with van der Waals surface area (Å²) in [6, 6.07) is 4.70.